The van der Waals surface area contributed by atoms with Gasteiger partial charge >= 0.3 is 5.97 Å². The summed E-state index contributed by atoms with van der Waals surface area (Å²) in [6.45, 7) is 6.90. The highest BCUT2D eigenvalue weighted by Gasteiger charge is 2.27. The summed E-state index contributed by atoms with van der Waals surface area (Å²) in [5, 5.41) is 8.99. The van der Waals surface area contributed by atoms with E-state index in [1.807, 2.05) is 7.05 Å². The molecule has 0 amide bonds. The van der Waals surface area contributed by atoms with Crippen molar-refractivity contribution in [2.75, 3.05) is 31.6 Å². The van der Waals surface area contributed by atoms with Crippen molar-refractivity contribution < 1.29 is 9.90 Å². The van der Waals surface area contributed by atoms with Crippen LogP contribution in [0, 0.1) is 13.8 Å². The van der Waals surface area contributed by atoms with Gasteiger partial charge in [0.1, 0.15) is 0 Å². The predicted octanol–water partition coefficient (Wildman–Crippen LogP) is 1.90. The molecule has 1 N–H and O–H groups in total. The second kappa shape index (κ2) is 5.61. The lowest BCUT2D eigenvalue weighted by atomic mass is 10.0. The van der Waals surface area contributed by atoms with E-state index in [0.717, 1.165) is 19.6 Å². The van der Waals surface area contributed by atoms with Crippen LogP contribution in [0.2, 0.25) is 0 Å². The molecule has 2 rings (SSSR count). The Balaban J connectivity index is 2.17. The summed E-state index contributed by atoms with van der Waals surface area (Å²) in [6, 6.07) is 6.41. The molecule has 4 heteroatoms. The Hall–Kier alpha value is -1.55. The second-order valence-corrected chi connectivity index (χ2v) is 5.40. The van der Waals surface area contributed by atoms with Gasteiger partial charge in [-0.2, -0.15) is 0 Å². The molecule has 4 nitrogen and oxygen atoms in total. The Morgan fingerprint density at radius 2 is 2.11 bits per heavy atom. The molecule has 104 valence electrons. The Labute approximate surface area is 114 Å². The van der Waals surface area contributed by atoms with Gasteiger partial charge in [-0.1, -0.05) is 12.1 Å². The number of hydrogen-bond donors (Lipinski definition) is 1. The summed E-state index contributed by atoms with van der Waals surface area (Å²) in [6.07, 6.45) is 0.206. The molecule has 0 aromatic heterocycles. The summed E-state index contributed by atoms with van der Waals surface area (Å²) in [5.41, 5.74) is 3.82. The average Bonchev–Trinajstić information content (AvgIpc) is 2.35. The fourth-order valence-electron chi connectivity index (χ4n) is 2.67. The molecule has 1 aliphatic heterocycles. The SMILES string of the molecule is Cc1cccc(N2CCN(C)C(CC(=O)O)C2)c1C. The number of likely N-dealkylation sites (N-methyl/N-ethyl adjacent to an activating group) is 1. The van der Waals surface area contributed by atoms with Gasteiger partial charge in [0, 0.05) is 31.4 Å². The van der Waals surface area contributed by atoms with Crippen LogP contribution < -0.4 is 4.90 Å². The minimum atomic E-state index is -0.723. The largest absolute Gasteiger partial charge is 0.481 e. The zero-order valence-electron chi connectivity index (χ0n) is 11.9. The van der Waals surface area contributed by atoms with Crippen LogP contribution in [0.3, 0.4) is 0 Å². The van der Waals surface area contributed by atoms with Gasteiger partial charge in [-0.3, -0.25) is 9.69 Å². The molecule has 0 radical (unpaired) electrons. The number of carboxylic acids is 1. The first kappa shape index (κ1) is 13.9. The molecule has 1 aliphatic rings. The molecule has 1 unspecified atom stereocenters. The highest BCUT2D eigenvalue weighted by molar-refractivity contribution is 5.68. The van der Waals surface area contributed by atoms with E-state index in [4.69, 9.17) is 5.11 Å². The number of piperazine rings is 1. The summed E-state index contributed by atoms with van der Waals surface area (Å²) >= 11 is 0. The number of benzene rings is 1. The van der Waals surface area contributed by atoms with Crippen LogP contribution in [0.25, 0.3) is 0 Å². The third-order valence-corrected chi connectivity index (χ3v) is 4.10. The van der Waals surface area contributed by atoms with Gasteiger partial charge in [-0.25, -0.2) is 0 Å². The first-order valence-electron chi connectivity index (χ1n) is 6.72. The highest BCUT2D eigenvalue weighted by Crippen LogP contribution is 2.25. The van der Waals surface area contributed by atoms with Crippen molar-refractivity contribution in [1.82, 2.24) is 4.90 Å². The van der Waals surface area contributed by atoms with Crippen LogP contribution in [0.15, 0.2) is 18.2 Å². The van der Waals surface area contributed by atoms with Crippen molar-refractivity contribution in [3.63, 3.8) is 0 Å². The van der Waals surface area contributed by atoms with Gasteiger partial charge < -0.3 is 10.0 Å². The minimum absolute atomic E-state index is 0.0890. The van der Waals surface area contributed by atoms with E-state index in [1.165, 1.54) is 16.8 Å². The first-order chi connectivity index (χ1) is 8.99. The third-order valence-electron chi connectivity index (χ3n) is 4.10. The lowest BCUT2D eigenvalue weighted by Gasteiger charge is -2.40. The van der Waals surface area contributed by atoms with E-state index in [-0.39, 0.29) is 12.5 Å². The lowest BCUT2D eigenvalue weighted by molar-refractivity contribution is -0.138. The number of carbonyl (C=O) groups is 1. The highest BCUT2D eigenvalue weighted by atomic mass is 16.4. The zero-order chi connectivity index (χ0) is 14.0. The number of aliphatic carboxylic acids is 1. The smallest absolute Gasteiger partial charge is 0.305 e. The number of rotatable bonds is 3. The topological polar surface area (TPSA) is 43.8 Å². The third kappa shape index (κ3) is 3.07. The standard InChI is InChI=1S/C15H22N2O2/c1-11-5-4-6-14(12(11)2)17-8-7-16(3)13(10-17)9-15(18)19/h4-6,13H,7-10H2,1-3H3,(H,18,19). The Morgan fingerprint density at radius 1 is 1.37 bits per heavy atom. The molecule has 1 aromatic carbocycles. The molecule has 1 fully saturated rings. The van der Waals surface area contributed by atoms with Crippen molar-refractivity contribution in [1.29, 1.82) is 0 Å². The predicted molar refractivity (Wildman–Crippen MR) is 76.8 cm³/mol. The summed E-state index contributed by atoms with van der Waals surface area (Å²) in [4.78, 5) is 15.4. The van der Waals surface area contributed by atoms with E-state index in [1.54, 1.807) is 0 Å². The molecule has 0 saturated carbocycles. The lowest BCUT2D eigenvalue weighted by Crippen LogP contribution is -2.52. The van der Waals surface area contributed by atoms with Crippen LogP contribution in [0.1, 0.15) is 17.5 Å². The normalized spacial score (nSPS) is 20.6. The average molecular weight is 262 g/mol. The molecule has 0 aliphatic carbocycles. The van der Waals surface area contributed by atoms with Crippen LogP contribution in [0.5, 0.6) is 0 Å². The quantitative estimate of drug-likeness (QED) is 0.903. The van der Waals surface area contributed by atoms with Gasteiger partial charge in [-0.15, -0.1) is 0 Å². The Kier molecular flexibility index (Phi) is 4.10. The van der Waals surface area contributed by atoms with Crippen molar-refractivity contribution in [2.45, 2.75) is 26.3 Å². The van der Waals surface area contributed by atoms with Crippen molar-refractivity contribution in [3.8, 4) is 0 Å². The van der Waals surface area contributed by atoms with Crippen LogP contribution >= 0.6 is 0 Å². The monoisotopic (exact) mass is 262 g/mol. The Morgan fingerprint density at radius 3 is 2.79 bits per heavy atom. The molecular weight excluding hydrogens is 240 g/mol. The molecule has 1 heterocycles. The molecule has 1 saturated heterocycles. The molecule has 0 spiro atoms. The molecule has 1 aromatic rings. The van der Waals surface area contributed by atoms with Crippen molar-refractivity contribution in [2.24, 2.45) is 0 Å². The summed E-state index contributed by atoms with van der Waals surface area (Å²) in [7, 11) is 2.01. The van der Waals surface area contributed by atoms with Gasteiger partial charge in [0.05, 0.1) is 6.42 Å². The number of nitrogens with zero attached hydrogens (tertiary/aromatic N) is 2. The van der Waals surface area contributed by atoms with E-state index < -0.39 is 5.97 Å². The maximum atomic E-state index is 10.9. The summed E-state index contributed by atoms with van der Waals surface area (Å²) in [5.74, 6) is -0.723. The molecular formula is C15H22N2O2. The fraction of sp³-hybridized carbons (Fsp3) is 0.533. The number of carboxylic acid groups (broad SMARTS) is 1. The van der Waals surface area contributed by atoms with Crippen molar-refractivity contribution >= 4 is 11.7 Å². The minimum Gasteiger partial charge on any atom is -0.481 e. The van der Waals surface area contributed by atoms with E-state index in [9.17, 15) is 4.79 Å². The number of anilines is 1. The number of aryl methyl sites for hydroxylation is 1. The van der Waals surface area contributed by atoms with Crippen molar-refractivity contribution in [3.05, 3.63) is 29.3 Å². The fourth-order valence-corrected chi connectivity index (χ4v) is 2.67. The van der Waals surface area contributed by atoms with Crippen LogP contribution in [-0.2, 0) is 4.79 Å². The maximum Gasteiger partial charge on any atom is 0.305 e. The van der Waals surface area contributed by atoms with Gasteiger partial charge in [-0.05, 0) is 38.1 Å². The van der Waals surface area contributed by atoms with Gasteiger partial charge in [0.25, 0.3) is 0 Å². The molecule has 1 atom stereocenters. The zero-order valence-corrected chi connectivity index (χ0v) is 11.9. The number of hydrogen-bond acceptors (Lipinski definition) is 3. The first-order valence-corrected chi connectivity index (χ1v) is 6.72. The molecule has 19 heavy (non-hydrogen) atoms. The maximum absolute atomic E-state index is 10.9. The van der Waals surface area contributed by atoms with Crippen LogP contribution in [-0.4, -0.2) is 48.7 Å². The second-order valence-electron chi connectivity index (χ2n) is 5.40. The molecule has 0 bridgehead atoms. The van der Waals surface area contributed by atoms with E-state index in [2.05, 4.69) is 41.8 Å². The van der Waals surface area contributed by atoms with Gasteiger partial charge in [0.2, 0.25) is 0 Å². The van der Waals surface area contributed by atoms with E-state index in [0.29, 0.717) is 0 Å². The summed E-state index contributed by atoms with van der Waals surface area (Å²) < 4.78 is 0. The van der Waals surface area contributed by atoms with E-state index >= 15 is 0 Å². The van der Waals surface area contributed by atoms with Crippen LogP contribution in [0.4, 0.5) is 5.69 Å². The van der Waals surface area contributed by atoms with Gasteiger partial charge in [0.15, 0.2) is 0 Å². The Bertz CT molecular complexity index is 473.